The van der Waals surface area contributed by atoms with Crippen molar-refractivity contribution in [3.8, 4) is 0 Å². The Balaban J connectivity index is -0.0000000600. The number of hydrogen-bond acceptors (Lipinski definition) is 3. The van der Waals surface area contributed by atoms with Crippen molar-refractivity contribution in [3.63, 3.8) is 0 Å². The molecule has 5 nitrogen and oxygen atoms in total. The fourth-order valence-corrected chi connectivity index (χ4v) is 0. The second-order valence-corrected chi connectivity index (χ2v) is 4.05. The Morgan fingerprint density at radius 3 is 1.30 bits per heavy atom. The molecule has 0 aromatic carbocycles. The second kappa shape index (κ2) is 11.4. The van der Waals surface area contributed by atoms with Gasteiger partial charge in [-0.25, -0.2) is 4.21 Å². The van der Waals surface area contributed by atoms with E-state index in [1.807, 2.05) is 0 Å². The molecule has 0 spiro atoms. The van der Waals surface area contributed by atoms with Gasteiger partial charge in [-0.15, -0.1) is 0 Å². The van der Waals surface area contributed by atoms with E-state index < -0.39 is 19.3 Å². The van der Waals surface area contributed by atoms with Crippen molar-refractivity contribution in [2.45, 2.75) is 0 Å². The van der Waals surface area contributed by atoms with Crippen LogP contribution in [0, 0.1) is 0 Å². The summed E-state index contributed by atoms with van der Waals surface area (Å²) < 4.78 is 43.0. The number of hydrogen-bond donors (Lipinski definition) is 2. The molecule has 2 N–H and O–H groups in total. The zero-order valence-electron chi connectivity index (χ0n) is 2.94. The molecule has 0 heterocycles. The van der Waals surface area contributed by atoms with E-state index in [2.05, 4.69) is 0 Å². The Labute approximate surface area is 168 Å². The maximum atomic E-state index is 9.34. The zero-order chi connectivity index (χ0) is 6.08. The zero-order valence-corrected chi connectivity index (χ0v) is 4.57. The summed E-state index contributed by atoms with van der Waals surface area (Å²) >= 11 is 0. The third-order valence-corrected chi connectivity index (χ3v) is 1.62. The average Bonchev–Trinajstić information content (AvgIpc) is 1.31. The molecule has 1 atom stereocenters. The van der Waals surface area contributed by atoms with E-state index in [1.54, 1.807) is 0 Å². The van der Waals surface area contributed by atoms with Crippen molar-refractivity contribution in [2.24, 2.45) is 0 Å². The van der Waals surface area contributed by atoms with E-state index in [0.717, 1.165) is 0 Å². The topological polar surface area (TPSA) is 91.7 Å². The molecule has 0 fully saturated rings. The summed E-state index contributed by atoms with van der Waals surface area (Å²) in [7, 11) is -7.87. The predicted octanol–water partition coefficient (Wildman–Crippen LogP) is -2.93. The molecule has 1 unspecified atom stereocenters. The molecule has 0 radical (unpaired) electrons. The minimum atomic E-state index is -4.71. The third kappa shape index (κ3) is 14.8. The van der Waals surface area contributed by atoms with Gasteiger partial charge in [-0.05, 0) is 0 Å². The molecule has 0 aromatic heterocycles. The molecule has 0 saturated carbocycles. The van der Waals surface area contributed by atoms with Gasteiger partial charge in [0, 0.05) is 0 Å². The van der Waals surface area contributed by atoms with Gasteiger partial charge < -0.3 is 0 Å². The first-order chi connectivity index (χ1) is 2.94. The molecule has 50 valence electrons. The predicted molar refractivity (Wildman–Crippen MR) is 43.8 cm³/mol. The van der Waals surface area contributed by atoms with Gasteiger partial charge in [-0.2, -0.15) is 8.42 Å². The Morgan fingerprint density at radius 1 is 1.20 bits per heavy atom. The summed E-state index contributed by atoms with van der Waals surface area (Å²) in [6.07, 6.45) is 0. The molecule has 0 aliphatic rings. The van der Waals surface area contributed by atoms with Crippen LogP contribution in [0.25, 0.3) is 0 Å². The molecule has 0 aromatic rings. The van der Waals surface area contributed by atoms with Gasteiger partial charge in [0.2, 0.25) is 0 Å². The molecule has 10 heavy (non-hydrogen) atoms. The van der Waals surface area contributed by atoms with Gasteiger partial charge in [-0.3, -0.25) is 9.11 Å². The summed E-state index contributed by atoms with van der Waals surface area (Å²) in [5, 5.41) is 0. The van der Waals surface area contributed by atoms with E-state index in [9.17, 15) is 12.6 Å². The monoisotopic (exact) mass is 250 g/mol. The van der Waals surface area contributed by atoms with Gasteiger partial charge in [0.25, 0.3) is 0 Å². The summed E-state index contributed by atoms with van der Waals surface area (Å²) in [6.45, 7) is 0. The van der Waals surface area contributed by atoms with Crippen molar-refractivity contribution >= 4 is 152 Å². The van der Waals surface area contributed by atoms with Crippen molar-refractivity contribution in [1.82, 2.24) is 0 Å². The normalized spacial score (nSPS) is 11.4. The van der Waals surface area contributed by atoms with E-state index in [-0.39, 0.29) is 132 Å². The molecular formula is H5K2NaO5S2. The van der Waals surface area contributed by atoms with Crippen LogP contribution in [-0.2, 0) is 19.3 Å². The van der Waals surface area contributed by atoms with E-state index >= 15 is 0 Å². The van der Waals surface area contributed by atoms with Crippen molar-refractivity contribution in [2.75, 3.05) is 0 Å². The van der Waals surface area contributed by atoms with Crippen molar-refractivity contribution < 1.29 is 21.7 Å². The van der Waals surface area contributed by atoms with E-state index in [0.29, 0.717) is 0 Å². The van der Waals surface area contributed by atoms with Gasteiger partial charge in [0.1, 0.15) is 0 Å². The van der Waals surface area contributed by atoms with Crippen LogP contribution in [0.5, 0.6) is 0 Å². The molecule has 10 heteroatoms. The summed E-state index contributed by atoms with van der Waals surface area (Å²) in [5.74, 6) is 0. The quantitative estimate of drug-likeness (QED) is 0.225. The summed E-state index contributed by atoms with van der Waals surface area (Å²) in [4.78, 5) is 0. The van der Waals surface area contributed by atoms with Crippen LogP contribution in [0.3, 0.4) is 0 Å². The Morgan fingerprint density at radius 2 is 1.30 bits per heavy atom. The van der Waals surface area contributed by atoms with Crippen LogP contribution in [-0.4, -0.2) is 154 Å². The van der Waals surface area contributed by atoms with Crippen LogP contribution in [0.2, 0.25) is 0 Å². The second-order valence-electron chi connectivity index (χ2n) is 0.645. The summed E-state index contributed by atoms with van der Waals surface area (Å²) in [6, 6.07) is 0. The maximum absolute atomic E-state index is 9.34. The first-order valence-electron chi connectivity index (χ1n) is 1.03. The molecule has 0 amide bonds. The fourth-order valence-electron chi connectivity index (χ4n) is 0. The molecule has 0 aliphatic heterocycles. The van der Waals surface area contributed by atoms with Crippen LogP contribution < -0.4 is 0 Å². The number of rotatable bonds is 1. The minimum absolute atomic E-state index is 0. The molecule has 0 saturated heterocycles. The van der Waals surface area contributed by atoms with Gasteiger partial charge in [0.15, 0.2) is 0 Å². The first-order valence-corrected chi connectivity index (χ1v) is 4.10. The van der Waals surface area contributed by atoms with Crippen molar-refractivity contribution in [3.05, 3.63) is 0 Å². The van der Waals surface area contributed by atoms with Crippen LogP contribution in [0.1, 0.15) is 0 Å². The molecule has 0 bridgehead atoms. The van der Waals surface area contributed by atoms with E-state index in [1.165, 1.54) is 0 Å². The molecule has 0 rings (SSSR count). The average molecular weight is 250 g/mol. The van der Waals surface area contributed by atoms with Crippen LogP contribution in [0.4, 0.5) is 0 Å². The first kappa shape index (κ1) is 23.8. The fraction of sp³-hybridized carbons (Fsp3) is 0. The van der Waals surface area contributed by atoms with Gasteiger partial charge in [0.05, 0.1) is 0 Å². The third-order valence-electron chi connectivity index (χ3n) is 0.180. The summed E-state index contributed by atoms with van der Waals surface area (Å²) in [5.41, 5.74) is 0. The Kier molecular flexibility index (Phi) is 27.1. The Bertz CT molecular complexity index is 172. The van der Waals surface area contributed by atoms with Crippen LogP contribution >= 0.6 is 0 Å². The Hall–Kier alpha value is 4.29. The van der Waals surface area contributed by atoms with Crippen molar-refractivity contribution in [1.29, 1.82) is 0 Å². The van der Waals surface area contributed by atoms with Gasteiger partial charge in [-0.1, -0.05) is 0 Å². The molecular weight excluding hydrogens is 245 g/mol. The standard InChI is InChI=1S/2K.Na.H2O5S2.3H/c;;;1-6(2)7(3,4)5;;;/h;;;(H,1,2)(H,3,4,5);;;. The molecule has 0 aliphatic carbocycles. The van der Waals surface area contributed by atoms with Gasteiger partial charge >= 0.3 is 152 Å². The van der Waals surface area contributed by atoms with E-state index in [4.69, 9.17) is 9.11 Å². The SMILES string of the molecule is O=S(O)S(=O)(=O)O.[KH].[KH].[NaH]. The van der Waals surface area contributed by atoms with Crippen LogP contribution in [0.15, 0.2) is 0 Å².